The van der Waals surface area contributed by atoms with Gasteiger partial charge in [0.25, 0.3) is 5.91 Å². The van der Waals surface area contributed by atoms with E-state index >= 15 is 0 Å². The second kappa shape index (κ2) is 16.4. The van der Waals surface area contributed by atoms with Crippen molar-refractivity contribution in [3.05, 3.63) is 69.4 Å². The predicted octanol–water partition coefficient (Wildman–Crippen LogP) is 5.34. The maximum Gasteiger partial charge on any atom is 0.325 e. The van der Waals surface area contributed by atoms with E-state index < -0.39 is 11.9 Å². The highest BCUT2D eigenvalue weighted by Gasteiger charge is 2.33. The molecule has 3 aromatic rings. The molecule has 3 N–H and O–H groups in total. The van der Waals surface area contributed by atoms with Crippen LogP contribution in [-0.2, 0) is 40.3 Å². The van der Waals surface area contributed by atoms with Crippen LogP contribution in [0, 0.1) is 5.41 Å². The molecule has 0 saturated carbocycles. The second-order valence-electron chi connectivity index (χ2n) is 13.5. The van der Waals surface area contributed by atoms with Crippen LogP contribution >= 0.6 is 11.3 Å². The van der Waals surface area contributed by atoms with Crippen molar-refractivity contribution in [3.8, 4) is 0 Å². The molecular formula is C36H47N5O7S. The molecular weight excluding hydrogens is 646 g/mol. The second-order valence-corrected chi connectivity index (χ2v) is 14.6. The molecule has 0 fully saturated rings. The zero-order valence-corrected chi connectivity index (χ0v) is 29.8. The average Bonchev–Trinajstić information content (AvgIpc) is 3.65. The number of amides is 2. The number of nitrogens with zero attached hydrogens (tertiary/aromatic N) is 4. The van der Waals surface area contributed by atoms with Crippen molar-refractivity contribution in [2.45, 2.75) is 91.8 Å². The van der Waals surface area contributed by atoms with Gasteiger partial charge in [0.05, 0.1) is 23.7 Å². The smallest absolute Gasteiger partial charge is 0.325 e. The number of aliphatic carboxylic acids is 2. The monoisotopic (exact) mass is 693 g/mol. The number of hydrogen-bond donors (Lipinski definition) is 3. The lowest BCUT2D eigenvalue weighted by Crippen LogP contribution is -2.41. The van der Waals surface area contributed by atoms with Crippen LogP contribution in [0.25, 0.3) is 0 Å². The molecule has 49 heavy (non-hydrogen) atoms. The number of rotatable bonds is 17. The minimum atomic E-state index is -1.06. The van der Waals surface area contributed by atoms with E-state index in [-0.39, 0.29) is 54.0 Å². The Morgan fingerprint density at radius 3 is 2.45 bits per heavy atom. The standard InChI is InChI=1S/C36H47N5O7S/c1-6-26(7-2)40(16-15-39(5)29(42)11-12-30(43)44)20-23-9-8-10-24(17-23)34(48)38-35-32(27-13-14-36(3,4)18-28(27)49-35)33(47)25-19-37-41(21-25)22-31(45)46/h8-10,17,19,21,26H,6-7,11-16,18,20,22H2,1-5H3,(H,38,48)(H,43,44)(H,45,46). The molecule has 2 amide bonds. The topological polar surface area (TPSA) is 162 Å². The van der Waals surface area contributed by atoms with Gasteiger partial charge in [0.15, 0.2) is 5.78 Å². The van der Waals surface area contributed by atoms with Crippen LogP contribution < -0.4 is 5.32 Å². The van der Waals surface area contributed by atoms with Gasteiger partial charge in [-0.05, 0) is 60.8 Å². The summed E-state index contributed by atoms with van der Waals surface area (Å²) in [6.07, 6.45) is 6.73. The summed E-state index contributed by atoms with van der Waals surface area (Å²) in [6, 6.07) is 7.63. The van der Waals surface area contributed by atoms with Crippen molar-refractivity contribution in [1.82, 2.24) is 19.6 Å². The SMILES string of the molecule is CCC(CC)N(CCN(C)C(=O)CCC(=O)O)Cc1cccc(C(=O)Nc2sc3c(c2C(=O)c2cnn(CC(=O)O)c2)CCC(C)(C)C3)c1. The Bertz CT molecular complexity index is 1690. The number of carbonyl (C=O) groups is 5. The number of aromatic nitrogens is 2. The fraction of sp³-hybridized carbons (Fsp3) is 0.500. The molecule has 0 bridgehead atoms. The Morgan fingerprint density at radius 1 is 1.04 bits per heavy atom. The molecule has 2 aromatic heterocycles. The van der Waals surface area contributed by atoms with Crippen LogP contribution in [0.1, 0.15) is 102 Å². The van der Waals surface area contributed by atoms with Crippen molar-refractivity contribution < 1.29 is 34.2 Å². The summed E-state index contributed by atoms with van der Waals surface area (Å²) in [6.45, 7) is 9.84. The van der Waals surface area contributed by atoms with Crippen molar-refractivity contribution in [2.24, 2.45) is 5.41 Å². The third-order valence-electron chi connectivity index (χ3n) is 9.16. The number of nitrogens with one attached hydrogen (secondary N) is 1. The Morgan fingerprint density at radius 2 is 1.78 bits per heavy atom. The van der Waals surface area contributed by atoms with Gasteiger partial charge in [-0.1, -0.05) is 39.8 Å². The Balaban J connectivity index is 1.55. The van der Waals surface area contributed by atoms with E-state index in [4.69, 9.17) is 10.2 Å². The third-order valence-corrected chi connectivity index (χ3v) is 10.3. The highest BCUT2D eigenvalue weighted by molar-refractivity contribution is 7.17. The molecule has 264 valence electrons. The summed E-state index contributed by atoms with van der Waals surface area (Å²) >= 11 is 1.42. The average molecular weight is 694 g/mol. The number of carboxylic acid groups (broad SMARTS) is 2. The zero-order chi connectivity index (χ0) is 35.9. The van der Waals surface area contributed by atoms with Gasteiger partial charge < -0.3 is 20.4 Å². The molecule has 4 rings (SSSR count). The first-order valence-corrected chi connectivity index (χ1v) is 17.6. The Kier molecular flexibility index (Phi) is 12.5. The van der Waals surface area contributed by atoms with Gasteiger partial charge in [-0.2, -0.15) is 5.10 Å². The third kappa shape index (κ3) is 9.85. The first-order chi connectivity index (χ1) is 23.2. The predicted molar refractivity (Wildman–Crippen MR) is 187 cm³/mol. The highest BCUT2D eigenvalue weighted by Crippen LogP contribution is 2.44. The van der Waals surface area contributed by atoms with E-state index in [1.54, 1.807) is 18.0 Å². The number of hydrogen-bond acceptors (Lipinski definition) is 8. The molecule has 13 heteroatoms. The first kappa shape index (κ1) is 37.5. The fourth-order valence-electron chi connectivity index (χ4n) is 6.31. The lowest BCUT2D eigenvalue weighted by Gasteiger charge is -2.32. The van der Waals surface area contributed by atoms with Crippen LogP contribution in [0.5, 0.6) is 0 Å². The molecule has 12 nitrogen and oxygen atoms in total. The first-order valence-electron chi connectivity index (χ1n) is 16.7. The number of carbonyl (C=O) groups excluding carboxylic acids is 3. The number of likely N-dealkylation sites (N-methyl/N-ethyl adjacent to an activating group) is 1. The van der Waals surface area contributed by atoms with Gasteiger partial charge in [0, 0.05) is 55.8 Å². The molecule has 1 aromatic carbocycles. The van der Waals surface area contributed by atoms with E-state index in [9.17, 15) is 24.0 Å². The van der Waals surface area contributed by atoms with Gasteiger partial charge >= 0.3 is 11.9 Å². The number of fused-ring (bicyclic) bond motifs is 1. The van der Waals surface area contributed by atoms with Crippen molar-refractivity contribution >= 4 is 45.9 Å². The van der Waals surface area contributed by atoms with Crippen molar-refractivity contribution in [1.29, 1.82) is 0 Å². The highest BCUT2D eigenvalue weighted by atomic mass is 32.1. The lowest BCUT2D eigenvalue weighted by molar-refractivity contribution is -0.140. The van der Waals surface area contributed by atoms with E-state index in [2.05, 4.69) is 43.0 Å². The molecule has 0 saturated heterocycles. The van der Waals surface area contributed by atoms with Gasteiger partial charge in [-0.25, -0.2) is 0 Å². The van der Waals surface area contributed by atoms with E-state index in [1.165, 1.54) is 28.4 Å². The maximum atomic E-state index is 13.9. The van der Waals surface area contributed by atoms with Gasteiger partial charge in [0.2, 0.25) is 5.91 Å². The van der Waals surface area contributed by atoms with E-state index in [0.29, 0.717) is 42.2 Å². The van der Waals surface area contributed by atoms with Gasteiger partial charge in [-0.15, -0.1) is 11.3 Å². The molecule has 0 unspecified atom stereocenters. The number of anilines is 1. The summed E-state index contributed by atoms with van der Waals surface area (Å²) in [7, 11) is 1.69. The number of ketones is 1. The van der Waals surface area contributed by atoms with Crippen molar-refractivity contribution in [2.75, 3.05) is 25.5 Å². The van der Waals surface area contributed by atoms with E-state index in [0.717, 1.165) is 41.7 Å². The largest absolute Gasteiger partial charge is 0.481 e. The molecule has 0 atom stereocenters. The van der Waals surface area contributed by atoms with Crippen molar-refractivity contribution in [3.63, 3.8) is 0 Å². The summed E-state index contributed by atoms with van der Waals surface area (Å²) in [5.41, 5.74) is 3.06. The van der Waals surface area contributed by atoms with Crippen LogP contribution in [0.15, 0.2) is 36.7 Å². The van der Waals surface area contributed by atoms with Crippen LogP contribution in [-0.4, -0.2) is 85.5 Å². The fourth-order valence-corrected chi connectivity index (χ4v) is 7.81. The van der Waals surface area contributed by atoms with E-state index in [1.807, 2.05) is 18.2 Å². The molecule has 0 aliphatic heterocycles. The molecule has 2 heterocycles. The number of thiophene rings is 1. The summed E-state index contributed by atoms with van der Waals surface area (Å²) < 4.78 is 1.21. The number of benzene rings is 1. The normalized spacial score (nSPS) is 13.7. The number of carboxylic acids is 2. The molecule has 1 aliphatic rings. The summed E-state index contributed by atoms with van der Waals surface area (Å²) in [5.74, 6) is -2.92. The molecule has 1 aliphatic carbocycles. The maximum absolute atomic E-state index is 13.9. The Labute approximate surface area is 291 Å². The summed E-state index contributed by atoms with van der Waals surface area (Å²) in [4.78, 5) is 67.1. The molecule has 0 radical (unpaired) electrons. The van der Waals surface area contributed by atoms with Gasteiger partial charge in [-0.3, -0.25) is 33.6 Å². The minimum Gasteiger partial charge on any atom is -0.481 e. The minimum absolute atomic E-state index is 0.0410. The zero-order valence-electron chi connectivity index (χ0n) is 29.0. The van der Waals surface area contributed by atoms with Crippen LogP contribution in [0.3, 0.4) is 0 Å². The Hall–Kier alpha value is -4.36. The quantitative estimate of drug-likeness (QED) is 0.159. The summed E-state index contributed by atoms with van der Waals surface area (Å²) in [5, 5.41) is 25.7. The van der Waals surface area contributed by atoms with Crippen LogP contribution in [0.4, 0.5) is 5.00 Å². The van der Waals surface area contributed by atoms with Crippen LogP contribution in [0.2, 0.25) is 0 Å². The van der Waals surface area contributed by atoms with Gasteiger partial charge in [0.1, 0.15) is 11.5 Å². The lowest BCUT2D eigenvalue weighted by atomic mass is 9.76. The molecule has 0 spiro atoms.